The number of carboxylic acid groups (broad SMARTS) is 1. The molecule has 2 fully saturated rings. The zero-order valence-corrected chi connectivity index (χ0v) is 13.6. The van der Waals surface area contributed by atoms with E-state index in [0.717, 1.165) is 19.3 Å². The van der Waals surface area contributed by atoms with Gasteiger partial charge in [-0.05, 0) is 49.9 Å². The molecule has 2 aliphatic carbocycles. The van der Waals surface area contributed by atoms with Crippen LogP contribution in [0.25, 0.3) is 0 Å². The van der Waals surface area contributed by atoms with Gasteiger partial charge in [-0.1, -0.05) is 19.3 Å². The largest absolute Gasteiger partial charge is 0.490 e. The van der Waals surface area contributed by atoms with E-state index in [2.05, 4.69) is 4.72 Å². The van der Waals surface area contributed by atoms with Crippen molar-refractivity contribution in [2.24, 2.45) is 0 Å². The predicted octanol–water partition coefficient (Wildman–Crippen LogP) is 2.29. The van der Waals surface area contributed by atoms with Crippen molar-refractivity contribution in [2.75, 3.05) is 0 Å². The third-order valence-electron chi connectivity index (χ3n) is 4.41. The molecular weight excluding hydrogens is 318 g/mol. The molecule has 0 spiro atoms. The molecule has 0 unspecified atom stereocenters. The van der Waals surface area contributed by atoms with Crippen LogP contribution in [0.4, 0.5) is 0 Å². The Bertz CT molecular complexity index is 673. The van der Waals surface area contributed by atoms with Crippen LogP contribution in [0.1, 0.15) is 44.9 Å². The van der Waals surface area contributed by atoms with E-state index >= 15 is 0 Å². The van der Waals surface area contributed by atoms with Gasteiger partial charge >= 0.3 is 5.97 Å². The van der Waals surface area contributed by atoms with Gasteiger partial charge in [-0.2, -0.15) is 4.72 Å². The average molecular weight is 339 g/mol. The zero-order valence-electron chi connectivity index (χ0n) is 12.8. The highest BCUT2D eigenvalue weighted by atomic mass is 32.2. The van der Waals surface area contributed by atoms with Crippen LogP contribution in [-0.2, 0) is 14.8 Å². The standard InChI is InChI=1S/C16H21NO5S/c18-15(19)16(10-2-1-3-11-16)17-23(20,21)14-8-6-13(7-9-14)22-12-4-5-12/h6-9,12,17H,1-5,10-11H2,(H,18,19). The number of hydrogen-bond donors (Lipinski definition) is 2. The lowest BCUT2D eigenvalue weighted by molar-refractivity contribution is -0.145. The number of nitrogens with one attached hydrogen (secondary N) is 1. The average Bonchev–Trinajstić information content (AvgIpc) is 3.32. The van der Waals surface area contributed by atoms with Crippen LogP contribution in [0.5, 0.6) is 5.75 Å². The van der Waals surface area contributed by atoms with Crippen LogP contribution in [0, 0.1) is 0 Å². The quantitative estimate of drug-likeness (QED) is 0.829. The van der Waals surface area contributed by atoms with Crippen molar-refractivity contribution in [2.45, 2.75) is 61.5 Å². The Morgan fingerprint density at radius 3 is 2.26 bits per heavy atom. The van der Waals surface area contributed by atoms with Gasteiger partial charge in [0.1, 0.15) is 11.3 Å². The smallest absolute Gasteiger partial charge is 0.324 e. The van der Waals surface area contributed by atoms with Crippen molar-refractivity contribution >= 4 is 16.0 Å². The fourth-order valence-electron chi connectivity index (χ4n) is 2.91. The summed E-state index contributed by atoms with van der Waals surface area (Å²) in [6.07, 6.45) is 5.31. The van der Waals surface area contributed by atoms with Gasteiger partial charge in [-0.15, -0.1) is 0 Å². The third kappa shape index (κ3) is 3.67. The van der Waals surface area contributed by atoms with Gasteiger partial charge in [0.25, 0.3) is 0 Å². The van der Waals surface area contributed by atoms with Gasteiger partial charge in [0.2, 0.25) is 10.0 Å². The summed E-state index contributed by atoms with van der Waals surface area (Å²) in [7, 11) is -3.88. The van der Waals surface area contributed by atoms with Crippen LogP contribution in [0.15, 0.2) is 29.2 Å². The molecule has 1 aromatic rings. The van der Waals surface area contributed by atoms with E-state index < -0.39 is 21.5 Å². The molecule has 0 saturated heterocycles. The maximum absolute atomic E-state index is 12.5. The number of ether oxygens (including phenoxy) is 1. The van der Waals surface area contributed by atoms with E-state index in [1.54, 1.807) is 12.1 Å². The van der Waals surface area contributed by atoms with Gasteiger partial charge in [-0.3, -0.25) is 4.79 Å². The molecule has 6 nitrogen and oxygen atoms in total. The summed E-state index contributed by atoms with van der Waals surface area (Å²) in [4.78, 5) is 11.7. The number of rotatable bonds is 6. The first-order chi connectivity index (χ1) is 10.9. The van der Waals surface area contributed by atoms with Crippen LogP contribution in [-0.4, -0.2) is 31.1 Å². The molecule has 3 rings (SSSR count). The molecule has 0 atom stereocenters. The van der Waals surface area contributed by atoms with Crippen LogP contribution >= 0.6 is 0 Å². The monoisotopic (exact) mass is 339 g/mol. The maximum atomic E-state index is 12.5. The molecule has 7 heteroatoms. The highest BCUT2D eigenvalue weighted by Gasteiger charge is 2.43. The lowest BCUT2D eigenvalue weighted by atomic mass is 9.83. The maximum Gasteiger partial charge on any atom is 0.324 e. The first kappa shape index (κ1) is 16.3. The summed E-state index contributed by atoms with van der Waals surface area (Å²) in [6.45, 7) is 0. The second kappa shape index (κ2) is 6.13. The van der Waals surface area contributed by atoms with E-state index in [0.29, 0.717) is 31.4 Å². The molecule has 0 aliphatic heterocycles. The van der Waals surface area contributed by atoms with Crippen molar-refractivity contribution in [1.29, 1.82) is 0 Å². The van der Waals surface area contributed by atoms with Gasteiger partial charge in [0, 0.05) is 0 Å². The van der Waals surface area contributed by atoms with Gasteiger partial charge < -0.3 is 9.84 Å². The Morgan fingerprint density at radius 1 is 1.13 bits per heavy atom. The Labute approximate surface area is 135 Å². The molecule has 2 N–H and O–H groups in total. The molecule has 1 aromatic carbocycles. The SMILES string of the molecule is O=C(O)C1(NS(=O)(=O)c2ccc(OC3CC3)cc2)CCCCC1. The lowest BCUT2D eigenvalue weighted by Crippen LogP contribution is -2.55. The van der Waals surface area contributed by atoms with Crippen LogP contribution < -0.4 is 9.46 Å². The predicted molar refractivity (Wildman–Crippen MR) is 83.9 cm³/mol. The molecule has 0 bridgehead atoms. The van der Waals surface area contributed by atoms with E-state index in [9.17, 15) is 18.3 Å². The highest BCUT2D eigenvalue weighted by Crippen LogP contribution is 2.31. The number of sulfonamides is 1. The molecule has 126 valence electrons. The van der Waals surface area contributed by atoms with Crippen molar-refractivity contribution in [3.05, 3.63) is 24.3 Å². The third-order valence-corrected chi connectivity index (χ3v) is 5.96. The van der Waals surface area contributed by atoms with Gasteiger partial charge in [0.05, 0.1) is 11.0 Å². The molecule has 0 heterocycles. The van der Waals surface area contributed by atoms with Crippen molar-refractivity contribution < 1.29 is 23.1 Å². The summed E-state index contributed by atoms with van der Waals surface area (Å²) in [6, 6.07) is 6.14. The molecule has 0 radical (unpaired) electrons. The molecule has 0 amide bonds. The minimum absolute atomic E-state index is 0.0619. The number of aliphatic carboxylic acids is 1. The van der Waals surface area contributed by atoms with Crippen molar-refractivity contribution in [3.63, 3.8) is 0 Å². The number of benzene rings is 1. The molecule has 0 aromatic heterocycles. The van der Waals surface area contributed by atoms with Crippen LogP contribution in [0.2, 0.25) is 0 Å². The van der Waals surface area contributed by atoms with E-state index in [-0.39, 0.29) is 11.0 Å². The Balaban J connectivity index is 1.78. The summed E-state index contributed by atoms with van der Waals surface area (Å²) in [5.41, 5.74) is -1.39. The second-order valence-corrected chi connectivity index (χ2v) is 8.02. The summed E-state index contributed by atoms with van der Waals surface area (Å²) in [5, 5.41) is 9.50. The van der Waals surface area contributed by atoms with E-state index in [1.807, 2.05) is 0 Å². The van der Waals surface area contributed by atoms with Crippen molar-refractivity contribution in [1.82, 2.24) is 4.72 Å². The summed E-state index contributed by atoms with van der Waals surface area (Å²) >= 11 is 0. The molecular formula is C16H21NO5S. The molecule has 23 heavy (non-hydrogen) atoms. The molecule has 2 saturated carbocycles. The second-order valence-electron chi connectivity index (χ2n) is 6.34. The first-order valence-corrected chi connectivity index (χ1v) is 9.44. The summed E-state index contributed by atoms with van der Waals surface area (Å²) in [5.74, 6) is -0.466. The number of carbonyl (C=O) groups is 1. The Hall–Kier alpha value is -1.60. The lowest BCUT2D eigenvalue weighted by Gasteiger charge is -2.33. The highest BCUT2D eigenvalue weighted by molar-refractivity contribution is 7.89. The fourth-order valence-corrected chi connectivity index (χ4v) is 4.32. The normalized spacial score (nSPS) is 20.9. The van der Waals surface area contributed by atoms with Crippen LogP contribution in [0.3, 0.4) is 0 Å². The topological polar surface area (TPSA) is 92.7 Å². The van der Waals surface area contributed by atoms with E-state index in [4.69, 9.17) is 4.74 Å². The van der Waals surface area contributed by atoms with E-state index in [1.165, 1.54) is 12.1 Å². The Kier molecular flexibility index (Phi) is 4.33. The zero-order chi connectivity index (χ0) is 16.5. The number of hydrogen-bond acceptors (Lipinski definition) is 4. The first-order valence-electron chi connectivity index (χ1n) is 7.95. The van der Waals surface area contributed by atoms with Gasteiger partial charge in [-0.25, -0.2) is 8.42 Å². The fraction of sp³-hybridized carbons (Fsp3) is 0.562. The van der Waals surface area contributed by atoms with Crippen molar-refractivity contribution in [3.8, 4) is 5.75 Å². The number of carboxylic acids is 1. The minimum Gasteiger partial charge on any atom is -0.490 e. The van der Waals surface area contributed by atoms with Gasteiger partial charge in [0.15, 0.2) is 0 Å². The molecule has 2 aliphatic rings. The Morgan fingerprint density at radius 2 is 1.74 bits per heavy atom. The summed E-state index contributed by atoms with van der Waals surface area (Å²) < 4.78 is 33.1. The minimum atomic E-state index is -3.88.